The van der Waals surface area contributed by atoms with Crippen LogP contribution in [0.15, 0.2) is 17.2 Å². The van der Waals surface area contributed by atoms with Crippen LogP contribution < -0.4 is 10.5 Å². The second-order valence-corrected chi connectivity index (χ2v) is 3.76. The normalized spacial score (nSPS) is 20.5. The Morgan fingerprint density at radius 3 is 3.27 bits per heavy atom. The minimum absolute atomic E-state index is 0.155. The molecule has 1 saturated heterocycles. The van der Waals surface area contributed by atoms with Crippen LogP contribution >= 0.6 is 0 Å². The predicted octanol–water partition coefficient (Wildman–Crippen LogP) is 0.385. The molecule has 1 aromatic heterocycles. The standard InChI is InChI=1S/C10H15N3O2/c1-13(7-8-3-2-6-15-8)9-10(14)12-5-4-11-9/h4-5,8H,2-3,6-7H2,1H3,(H,12,14). The second-order valence-electron chi connectivity index (χ2n) is 3.76. The topological polar surface area (TPSA) is 58.2 Å². The summed E-state index contributed by atoms with van der Waals surface area (Å²) in [6.07, 6.45) is 5.53. The minimum Gasteiger partial charge on any atom is -0.376 e. The Kier molecular flexibility index (Phi) is 3.01. The first-order valence-corrected chi connectivity index (χ1v) is 5.14. The minimum atomic E-state index is -0.155. The molecule has 0 saturated carbocycles. The van der Waals surface area contributed by atoms with Crippen molar-refractivity contribution >= 4 is 5.82 Å². The van der Waals surface area contributed by atoms with Crippen molar-refractivity contribution in [3.05, 3.63) is 22.7 Å². The molecule has 1 atom stereocenters. The number of nitrogens with zero attached hydrogens (tertiary/aromatic N) is 2. The largest absolute Gasteiger partial charge is 0.376 e. The molecule has 0 amide bonds. The summed E-state index contributed by atoms with van der Waals surface area (Å²) in [6, 6.07) is 0. The predicted molar refractivity (Wildman–Crippen MR) is 57.1 cm³/mol. The Morgan fingerprint density at radius 1 is 1.73 bits per heavy atom. The van der Waals surface area contributed by atoms with Crippen LogP contribution in [0.4, 0.5) is 5.82 Å². The maximum absolute atomic E-state index is 11.4. The van der Waals surface area contributed by atoms with E-state index in [4.69, 9.17) is 4.74 Å². The van der Waals surface area contributed by atoms with Gasteiger partial charge in [0.1, 0.15) is 0 Å². The van der Waals surface area contributed by atoms with Crippen molar-refractivity contribution < 1.29 is 4.74 Å². The highest BCUT2D eigenvalue weighted by Gasteiger charge is 2.18. The number of aromatic amines is 1. The van der Waals surface area contributed by atoms with Crippen molar-refractivity contribution in [3.8, 4) is 0 Å². The van der Waals surface area contributed by atoms with Gasteiger partial charge < -0.3 is 14.6 Å². The van der Waals surface area contributed by atoms with Crippen LogP contribution in [0.2, 0.25) is 0 Å². The molecule has 1 unspecified atom stereocenters. The summed E-state index contributed by atoms with van der Waals surface area (Å²) < 4.78 is 5.50. The van der Waals surface area contributed by atoms with Gasteiger partial charge in [-0.05, 0) is 12.8 Å². The average molecular weight is 209 g/mol. The number of hydrogen-bond acceptors (Lipinski definition) is 4. The Hall–Kier alpha value is -1.36. The lowest BCUT2D eigenvalue weighted by Crippen LogP contribution is -2.33. The summed E-state index contributed by atoms with van der Waals surface area (Å²) in [4.78, 5) is 19.9. The fraction of sp³-hybridized carbons (Fsp3) is 0.600. The molecule has 2 heterocycles. The number of rotatable bonds is 3. The Morgan fingerprint density at radius 2 is 2.60 bits per heavy atom. The first-order chi connectivity index (χ1) is 7.27. The average Bonchev–Trinajstić information content (AvgIpc) is 2.71. The lowest BCUT2D eigenvalue weighted by molar-refractivity contribution is 0.116. The molecule has 82 valence electrons. The molecule has 1 aromatic rings. The van der Waals surface area contributed by atoms with Crippen molar-refractivity contribution in [1.82, 2.24) is 9.97 Å². The van der Waals surface area contributed by atoms with E-state index in [1.54, 1.807) is 6.20 Å². The highest BCUT2D eigenvalue weighted by atomic mass is 16.5. The number of H-pyrrole nitrogens is 1. The molecule has 1 aliphatic rings. The van der Waals surface area contributed by atoms with E-state index < -0.39 is 0 Å². The van der Waals surface area contributed by atoms with Gasteiger partial charge in [0.2, 0.25) is 0 Å². The van der Waals surface area contributed by atoms with Gasteiger partial charge in [0.25, 0.3) is 5.56 Å². The van der Waals surface area contributed by atoms with Gasteiger partial charge in [-0.3, -0.25) is 4.79 Å². The molecule has 2 rings (SSSR count). The molecule has 0 radical (unpaired) electrons. The van der Waals surface area contributed by atoms with Gasteiger partial charge >= 0.3 is 0 Å². The van der Waals surface area contributed by atoms with Crippen molar-refractivity contribution in [3.63, 3.8) is 0 Å². The van der Waals surface area contributed by atoms with Crippen LogP contribution in [0.3, 0.4) is 0 Å². The fourth-order valence-electron chi connectivity index (χ4n) is 1.80. The van der Waals surface area contributed by atoms with E-state index in [1.807, 2.05) is 11.9 Å². The maximum atomic E-state index is 11.4. The van der Waals surface area contributed by atoms with Crippen LogP contribution in [-0.4, -0.2) is 36.3 Å². The van der Waals surface area contributed by atoms with Gasteiger partial charge in [0.15, 0.2) is 5.82 Å². The molecule has 0 bridgehead atoms. The van der Waals surface area contributed by atoms with Gasteiger partial charge in [-0.15, -0.1) is 0 Å². The number of ether oxygens (including phenoxy) is 1. The number of likely N-dealkylation sites (N-methyl/N-ethyl adjacent to an activating group) is 1. The van der Waals surface area contributed by atoms with E-state index in [-0.39, 0.29) is 11.7 Å². The molecule has 0 aromatic carbocycles. The quantitative estimate of drug-likeness (QED) is 0.782. The van der Waals surface area contributed by atoms with Gasteiger partial charge in [0, 0.05) is 32.6 Å². The first-order valence-electron chi connectivity index (χ1n) is 5.14. The van der Waals surface area contributed by atoms with Crippen molar-refractivity contribution in [2.75, 3.05) is 25.1 Å². The van der Waals surface area contributed by atoms with Crippen molar-refractivity contribution in [2.24, 2.45) is 0 Å². The Balaban J connectivity index is 2.04. The summed E-state index contributed by atoms with van der Waals surface area (Å²) in [7, 11) is 1.86. The van der Waals surface area contributed by atoms with Gasteiger partial charge in [-0.2, -0.15) is 0 Å². The van der Waals surface area contributed by atoms with Gasteiger partial charge in [-0.25, -0.2) is 4.98 Å². The number of nitrogens with one attached hydrogen (secondary N) is 1. The zero-order valence-electron chi connectivity index (χ0n) is 8.77. The number of anilines is 1. The SMILES string of the molecule is CN(CC1CCCO1)c1ncc[nH]c1=O. The molecule has 1 N–H and O–H groups in total. The lowest BCUT2D eigenvalue weighted by Gasteiger charge is -2.20. The van der Waals surface area contributed by atoms with Crippen LogP contribution in [-0.2, 0) is 4.74 Å². The van der Waals surface area contributed by atoms with Crippen molar-refractivity contribution in [1.29, 1.82) is 0 Å². The molecule has 1 aliphatic heterocycles. The molecular weight excluding hydrogens is 194 g/mol. The Bertz CT molecular complexity index is 371. The molecule has 1 fully saturated rings. The third-order valence-electron chi connectivity index (χ3n) is 2.55. The van der Waals surface area contributed by atoms with Crippen LogP contribution in [0.5, 0.6) is 0 Å². The van der Waals surface area contributed by atoms with Crippen LogP contribution in [0.1, 0.15) is 12.8 Å². The summed E-state index contributed by atoms with van der Waals surface area (Å²) >= 11 is 0. The maximum Gasteiger partial charge on any atom is 0.290 e. The summed E-state index contributed by atoms with van der Waals surface area (Å²) in [5.74, 6) is 0.452. The third kappa shape index (κ3) is 2.36. The second kappa shape index (κ2) is 4.44. The van der Waals surface area contributed by atoms with E-state index >= 15 is 0 Å². The van der Waals surface area contributed by atoms with Gasteiger partial charge in [0.05, 0.1) is 6.10 Å². The molecule has 5 nitrogen and oxygen atoms in total. The molecule has 5 heteroatoms. The van der Waals surface area contributed by atoms with Crippen LogP contribution in [0, 0.1) is 0 Å². The lowest BCUT2D eigenvalue weighted by atomic mass is 10.2. The first kappa shape index (κ1) is 10.2. The summed E-state index contributed by atoms with van der Waals surface area (Å²) in [5, 5.41) is 0. The molecule has 0 spiro atoms. The van der Waals surface area contributed by atoms with E-state index in [0.717, 1.165) is 26.0 Å². The Labute approximate surface area is 88.1 Å². The van der Waals surface area contributed by atoms with E-state index in [2.05, 4.69) is 9.97 Å². The molecular formula is C10H15N3O2. The van der Waals surface area contributed by atoms with E-state index in [9.17, 15) is 4.79 Å². The summed E-state index contributed by atoms with van der Waals surface area (Å²) in [6.45, 7) is 1.55. The number of aromatic nitrogens is 2. The summed E-state index contributed by atoms with van der Waals surface area (Å²) in [5.41, 5.74) is -0.155. The smallest absolute Gasteiger partial charge is 0.290 e. The van der Waals surface area contributed by atoms with Crippen LogP contribution in [0.25, 0.3) is 0 Å². The highest BCUT2D eigenvalue weighted by Crippen LogP contribution is 2.14. The zero-order chi connectivity index (χ0) is 10.7. The van der Waals surface area contributed by atoms with E-state index in [1.165, 1.54) is 6.20 Å². The third-order valence-corrected chi connectivity index (χ3v) is 2.55. The molecule has 0 aliphatic carbocycles. The highest BCUT2D eigenvalue weighted by molar-refractivity contribution is 5.33. The van der Waals surface area contributed by atoms with Gasteiger partial charge in [-0.1, -0.05) is 0 Å². The number of hydrogen-bond donors (Lipinski definition) is 1. The zero-order valence-corrected chi connectivity index (χ0v) is 8.77. The van der Waals surface area contributed by atoms with E-state index in [0.29, 0.717) is 5.82 Å². The molecule has 15 heavy (non-hydrogen) atoms. The van der Waals surface area contributed by atoms with Crippen molar-refractivity contribution in [2.45, 2.75) is 18.9 Å². The fourth-order valence-corrected chi connectivity index (χ4v) is 1.80. The monoisotopic (exact) mass is 209 g/mol.